The molecule has 1 saturated carbocycles. The van der Waals surface area contributed by atoms with Gasteiger partial charge in [-0.1, -0.05) is 11.6 Å². The maximum atomic E-state index is 13.2. The van der Waals surface area contributed by atoms with Crippen molar-refractivity contribution in [2.45, 2.75) is 12.8 Å². The maximum Gasteiger partial charge on any atom is 0.181 e. The van der Waals surface area contributed by atoms with Crippen molar-refractivity contribution in [2.75, 3.05) is 11.9 Å². The van der Waals surface area contributed by atoms with Gasteiger partial charge in [-0.2, -0.15) is 0 Å². The third-order valence-corrected chi connectivity index (χ3v) is 2.49. The first-order valence-electron chi connectivity index (χ1n) is 4.55. The number of anilines is 1. The van der Waals surface area contributed by atoms with Crippen LogP contribution in [0.15, 0.2) is 12.1 Å². The van der Waals surface area contributed by atoms with Crippen LogP contribution in [-0.2, 0) is 0 Å². The lowest BCUT2D eigenvalue weighted by molar-refractivity contribution is 0.511. The van der Waals surface area contributed by atoms with E-state index in [-0.39, 0.29) is 10.7 Å². The van der Waals surface area contributed by atoms with Gasteiger partial charge in [0.2, 0.25) is 0 Å². The highest BCUT2D eigenvalue weighted by Gasteiger charge is 2.21. The van der Waals surface area contributed by atoms with Crippen LogP contribution in [0.4, 0.5) is 14.5 Å². The summed E-state index contributed by atoms with van der Waals surface area (Å²) in [4.78, 5) is 0. The van der Waals surface area contributed by atoms with Gasteiger partial charge in [-0.05, 0) is 30.9 Å². The fourth-order valence-electron chi connectivity index (χ4n) is 1.26. The lowest BCUT2D eigenvalue weighted by Gasteiger charge is -2.07. The molecule has 1 aromatic rings. The molecule has 1 aliphatic rings. The fourth-order valence-corrected chi connectivity index (χ4v) is 1.47. The van der Waals surface area contributed by atoms with E-state index in [4.69, 9.17) is 11.6 Å². The van der Waals surface area contributed by atoms with Crippen molar-refractivity contribution < 1.29 is 8.78 Å². The molecule has 0 aliphatic heterocycles. The molecule has 0 saturated heterocycles. The highest BCUT2D eigenvalue weighted by Crippen LogP contribution is 2.30. The van der Waals surface area contributed by atoms with Crippen LogP contribution in [0.1, 0.15) is 12.8 Å². The number of nitrogens with one attached hydrogen (secondary N) is 1. The Labute approximate surface area is 86.1 Å². The summed E-state index contributed by atoms with van der Waals surface area (Å²) in [5, 5.41) is 3.07. The van der Waals surface area contributed by atoms with Gasteiger partial charge in [0.1, 0.15) is 0 Å². The Kier molecular flexibility index (Phi) is 2.59. The molecule has 1 aromatic carbocycles. The summed E-state index contributed by atoms with van der Waals surface area (Å²) in [6, 6.07) is 2.38. The van der Waals surface area contributed by atoms with E-state index >= 15 is 0 Å². The molecule has 0 bridgehead atoms. The van der Waals surface area contributed by atoms with Crippen molar-refractivity contribution in [2.24, 2.45) is 5.92 Å². The predicted molar refractivity (Wildman–Crippen MR) is 52.6 cm³/mol. The standard InChI is InChI=1S/C10H10ClF2N/c11-7-3-8(12)10(13)9(4-7)14-5-6-1-2-6/h3-4,6,14H,1-2,5H2. The molecule has 0 unspecified atom stereocenters. The first kappa shape index (κ1) is 9.71. The molecule has 2 rings (SSSR count). The van der Waals surface area contributed by atoms with E-state index in [1.165, 1.54) is 6.07 Å². The van der Waals surface area contributed by atoms with Crippen molar-refractivity contribution in [1.82, 2.24) is 0 Å². The molecule has 0 aromatic heterocycles. The largest absolute Gasteiger partial charge is 0.382 e. The third kappa shape index (κ3) is 2.15. The summed E-state index contributed by atoms with van der Waals surface area (Å²) in [5.74, 6) is -1.15. The quantitative estimate of drug-likeness (QED) is 0.765. The summed E-state index contributed by atoms with van der Waals surface area (Å²) < 4.78 is 26.0. The Morgan fingerprint density at radius 1 is 1.36 bits per heavy atom. The second-order valence-electron chi connectivity index (χ2n) is 3.57. The topological polar surface area (TPSA) is 12.0 Å². The Morgan fingerprint density at radius 3 is 2.71 bits per heavy atom. The average molecular weight is 218 g/mol. The molecular weight excluding hydrogens is 208 g/mol. The smallest absolute Gasteiger partial charge is 0.181 e. The molecule has 14 heavy (non-hydrogen) atoms. The van der Waals surface area contributed by atoms with Crippen LogP contribution >= 0.6 is 11.6 Å². The number of hydrogen-bond acceptors (Lipinski definition) is 1. The molecule has 0 heterocycles. The Hall–Kier alpha value is -0.830. The minimum Gasteiger partial charge on any atom is -0.382 e. The second kappa shape index (κ2) is 3.73. The summed E-state index contributed by atoms with van der Waals surface area (Å²) in [6.07, 6.45) is 2.33. The molecule has 0 atom stereocenters. The highest BCUT2D eigenvalue weighted by atomic mass is 35.5. The van der Waals surface area contributed by atoms with E-state index in [1.807, 2.05) is 0 Å². The second-order valence-corrected chi connectivity index (χ2v) is 4.01. The number of halogens is 3. The zero-order chi connectivity index (χ0) is 10.1. The summed E-state index contributed by atoms with van der Waals surface area (Å²) >= 11 is 5.61. The minimum absolute atomic E-state index is 0.155. The van der Waals surface area contributed by atoms with E-state index in [9.17, 15) is 8.78 Å². The molecule has 1 N–H and O–H groups in total. The molecular formula is C10H10ClF2N. The Morgan fingerprint density at radius 2 is 2.07 bits per heavy atom. The van der Waals surface area contributed by atoms with Crippen LogP contribution in [-0.4, -0.2) is 6.54 Å². The zero-order valence-electron chi connectivity index (χ0n) is 7.49. The van der Waals surface area contributed by atoms with Gasteiger partial charge in [0.25, 0.3) is 0 Å². The van der Waals surface area contributed by atoms with E-state index in [2.05, 4.69) is 5.32 Å². The van der Waals surface area contributed by atoms with Crippen molar-refractivity contribution in [3.05, 3.63) is 28.8 Å². The molecule has 1 nitrogen and oxygen atoms in total. The van der Waals surface area contributed by atoms with E-state index < -0.39 is 11.6 Å². The molecule has 76 valence electrons. The molecule has 0 spiro atoms. The number of rotatable bonds is 3. The molecule has 4 heteroatoms. The van der Waals surface area contributed by atoms with Gasteiger partial charge >= 0.3 is 0 Å². The van der Waals surface area contributed by atoms with Crippen molar-refractivity contribution in [3.8, 4) is 0 Å². The van der Waals surface area contributed by atoms with Gasteiger partial charge in [-0.3, -0.25) is 0 Å². The van der Waals surface area contributed by atoms with Crippen molar-refractivity contribution >= 4 is 17.3 Å². The molecule has 1 aliphatic carbocycles. The maximum absolute atomic E-state index is 13.2. The van der Waals surface area contributed by atoms with Crippen LogP contribution in [0.3, 0.4) is 0 Å². The Balaban J connectivity index is 2.13. The normalized spacial score (nSPS) is 15.6. The van der Waals surface area contributed by atoms with Gasteiger partial charge in [0.05, 0.1) is 5.69 Å². The van der Waals surface area contributed by atoms with Crippen LogP contribution < -0.4 is 5.32 Å². The van der Waals surface area contributed by atoms with Gasteiger partial charge in [0.15, 0.2) is 11.6 Å². The monoisotopic (exact) mass is 217 g/mol. The fraction of sp³-hybridized carbons (Fsp3) is 0.400. The first-order chi connectivity index (χ1) is 6.66. The summed E-state index contributed by atoms with van der Waals surface area (Å²) in [6.45, 7) is 0.691. The average Bonchev–Trinajstić information content (AvgIpc) is 2.92. The highest BCUT2D eigenvalue weighted by molar-refractivity contribution is 6.30. The van der Waals surface area contributed by atoms with E-state index in [0.29, 0.717) is 12.5 Å². The molecule has 0 amide bonds. The van der Waals surface area contributed by atoms with E-state index in [0.717, 1.165) is 18.9 Å². The predicted octanol–water partition coefficient (Wildman–Crippen LogP) is 3.44. The summed E-state index contributed by atoms with van der Waals surface area (Å²) in [7, 11) is 0. The van der Waals surface area contributed by atoms with Crippen molar-refractivity contribution in [1.29, 1.82) is 0 Å². The van der Waals surface area contributed by atoms with Crippen LogP contribution in [0.25, 0.3) is 0 Å². The lowest BCUT2D eigenvalue weighted by Crippen LogP contribution is -2.05. The first-order valence-corrected chi connectivity index (χ1v) is 4.93. The van der Waals surface area contributed by atoms with Gasteiger partial charge in [-0.25, -0.2) is 8.78 Å². The van der Waals surface area contributed by atoms with Crippen LogP contribution in [0, 0.1) is 17.6 Å². The SMILES string of the molecule is Fc1cc(Cl)cc(NCC2CC2)c1F. The van der Waals surface area contributed by atoms with E-state index in [1.54, 1.807) is 0 Å². The van der Waals surface area contributed by atoms with Gasteiger partial charge < -0.3 is 5.32 Å². The van der Waals surface area contributed by atoms with Crippen LogP contribution in [0.2, 0.25) is 5.02 Å². The minimum atomic E-state index is -0.907. The van der Waals surface area contributed by atoms with Gasteiger partial charge in [-0.15, -0.1) is 0 Å². The van der Waals surface area contributed by atoms with Crippen LogP contribution in [0.5, 0.6) is 0 Å². The lowest BCUT2D eigenvalue weighted by atomic mass is 10.3. The number of hydrogen-bond donors (Lipinski definition) is 1. The van der Waals surface area contributed by atoms with Crippen molar-refractivity contribution in [3.63, 3.8) is 0 Å². The van der Waals surface area contributed by atoms with Gasteiger partial charge in [0, 0.05) is 11.6 Å². The molecule has 0 radical (unpaired) electrons. The Bertz CT molecular complexity index is 350. The molecule has 1 fully saturated rings. The third-order valence-electron chi connectivity index (χ3n) is 2.27. The zero-order valence-corrected chi connectivity index (χ0v) is 8.24. The number of benzene rings is 1. The summed E-state index contributed by atoms with van der Waals surface area (Å²) in [5.41, 5.74) is 0.155.